The second-order valence-corrected chi connectivity index (χ2v) is 9.18. The molecule has 0 bridgehead atoms. The van der Waals surface area contributed by atoms with Crippen LogP contribution in [0.15, 0.2) is 35.2 Å². The fraction of sp³-hybridized carbons (Fsp3) is 0.263. The second-order valence-electron chi connectivity index (χ2n) is 6.38. The lowest BCUT2D eigenvalue weighted by Gasteiger charge is -2.09. The summed E-state index contributed by atoms with van der Waals surface area (Å²) in [6, 6.07) is 8.60. The van der Waals surface area contributed by atoms with E-state index in [0.717, 1.165) is 21.3 Å². The molecule has 0 radical (unpaired) electrons. The van der Waals surface area contributed by atoms with Gasteiger partial charge in [0.25, 0.3) is 5.91 Å². The van der Waals surface area contributed by atoms with E-state index >= 15 is 0 Å². The molecule has 0 aliphatic heterocycles. The van der Waals surface area contributed by atoms with Gasteiger partial charge < -0.3 is 0 Å². The van der Waals surface area contributed by atoms with Gasteiger partial charge in [0.05, 0.1) is 15.1 Å². The number of nitrogens with zero attached hydrogens (tertiary/aromatic N) is 1. The summed E-state index contributed by atoms with van der Waals surface area (Å²) in [4.78, 5) is 17.3. The third kappa shape index (κ3) is 4.02. The molecular formula is C19H21N3O3S2. The first-order chi connectivity index (χ1) is 12.7. The van der Waals surface area contributed by atoms with E-state index in [0.29, 0.717) is 16.3 Å². The lowest BCUT2D eigenvalue weighted by atomic mass is 10.1. The molecule has 0 aliphatic carbocycles. The van der Waals surface area contributed by atoms with Crippen molar-refractivity contribution < 1.29 is 13.2 Å². The maximum absolute atomic E-state index is 12.7. The highest BCUT2D eigenvalue weighted by Gasteiger charge is 2.18. The number of nitrogens with one attached hydrogen (secondary N) is 2. The molecule has 3 aromatic rings. The SMILES string of the molecule is CCNS(=O)(=O)c1ccc(C)c(C(=O)Nc2nc3c(C)cc(C)cc3s2)c1. The lowest BCUT2D eigenvalue weighted by Crippen LogP contribution is -2.24. The molecule has 3 rings (SSSR count). The van der Waals surface area contributed by atoms with E-state index < -0.39 is 10.0 Å². The predicted molar refractivity (Wildman–Crippen MR) is 109 cm³/mol. The van der Waals surface area contributed by atoms with Crippen molar-refractivity contribution >= 4 is 42.6 Å². The Labute approximate surface area is 162 Å². The van der Waals surface area contributed by atoms with Crippen molar-refractivity contribution in [3.63, 3.8) is 0 Å². The van der Waals surface area contributed by atoms with Crippen LogP contribution in [-0.4, -0.2) is 25.9 Å². The highest BCUT2D eigenvalue weighted by molar-refractivity contribution is 7.89. The number of amides is 1. The van der Waals surface area contributed by atoms with Gasteiger partial charge in [0.1, 0.15) is 0 Å². The van der Waals surface area contributed by atoms with Crippen molar-refractivity contribution in [2.45, 2.75) is 32.6 Å². The van der Waals surface area contributed by atoms with Crippen molar-refractivity contribution in [3.05, 3.63) is 52.6 Å². The standard InChI is InChI=1S/C19H21N3O3S2/c1-5-20-27(24,25)14-7-6-12(3)15(10-14)18(23)22-19-21-17-13(4)8-11(2)9-16(17)26-19/h6-10,20H,5H2,1-4H3,(H,21,22,23). The number of carbonyl (C=O) groups is 1. The Morgan fingerprint density at radius 2 is 1.85 bits per heavy atom. The van der Waals surface area contributed by atoms with Crippen LogP contribution in [0.4, 0.5) is 5.13 Å². The molecule has 2 N–H and O–H groups in total. The zero-order valence-electron chi connectivity index (χ0n) is 15.6. The summed E-state index contributed by atoms with van der Waals surface area (Å²) in [7, 11) is -3.63. The molecule has 0 atom stereocenters. The second kappa shape index (κ2) is 7.38. The van der Waals surface area contributed by atoms with Crippen LogP contribution in [0, 0.1) is 20.8 Å². The minimum Gasteiger partial charge on any atom is -0.298 e. The van der Waals surface area contributed by atoms with Gasteiger partial charge in [0.15, 0.2) is 5.13 Å². The van der Waals surface area contributed by atoms with E-state index in [4.69, 9.17) is 0 Å². The van der Waals surface area contributed by atoms with Crippen LogP contribution >= 0.6 is 11.3 Å². The minimum absolute atomic E-state index is 0.0656. The van der Waals surface area contributed by atoms with Crippen molar-refractivity contribution in [2.24, 2.45) is 0 Å². The quantitative estimate of drug-likeness (QED) is 0.679. The Bertz CT molecular complexity index is 1130. The van der Waals surface area contributed by atoms with Crippen molar-refractivity contribution in [2.75, 3.05) is 11.9 Å². The number of hydrogen-bond donors (Lipinski definition) is 2. The predicted octanol–water partition coefficient (Wildman–Crippen LogP) is 3.77. The maximum atomic E-state index is 12.7. The molecule has 1 aromatic heterocycles. The van der Waals surface area contributed by atoms with Crippen LogP contribution in [0.3, 0.4) is 0 Å². The van der Waals surface area contributed by atoms with Gasteiger partial charge >= 0.3 is 0 Å². The number of rotatable bonds is 5. The average molecular weight is 404 g/mol. The summed E-state index contributed by atoms with van der Waals surface area (Å²) in [5.41, 5.74) is 4.05. The van der Waals surface area contributed by atoms with Gasteiger partial charge in [-0.1, -0.05) is 30.4 Å². The zero-order valence-corrected chi connectivity index (χ0v) is 17.2. The first kappa shape index (κ1) is 19.5. The fourth-order valence-corrected chi connectivity index (χ4v) is 4.98. The third-order valence-electron chi connectivity index (χ3n) is 4.15. The number of aromatic nitrogens is 1. The molecule has 2 aromatic carbocycles. The molecule has 0 unspecified atom stereocenters. The molecule has 0 aliphatic rings. The number of fused-ring (bicyclic) bond motifs is 1. The Kier molecular flexibility index (Phi) is 5.32. The van der Waals surface area contributed by atoms with Crippen LogP contribution in [-0.2, 0) is 10.0 Å². The summed E-state index contributed by atoms with van der Waals surface area (Å²) in [5.74, 6) is -0.380. The van der Waals surface area contributed by atoms with E-state index in [2.05, 4.69) is 15.0 Å². The molecule has 142 valence electrons. The Morgan fingerprint density at radius 1 is 1.11 bits per heavy atom. The Morgan fingerprint density at radius 3 is 2.56 bits per heavy atom. The van der Waals surface area contributed by atoms with E-state index in [9.17, 15) is 13.2 Å². The van der Waals surface area contributed by atoms with Crippen molar-refractivity contribution in [1.82, 2.24) is 9.71 Å². The van der Waals surface area contributed by atoms with Gasteiger partial charge in [-0.15, -0.1) is 0 Å². The molecule has 0 fully saturated rings. The summed E-state index contributed by atoms with van der Waals surface area (Å²) in [5, 5.41) is 3.29. The minimum atomic E-state index is -3.63. The summed E-state index contributed by atoms with van der Waals surface area (Å²) < 4.78 is 27.9. The van der Waals surface area contributed by atoms with Crippen LogP contribution in [0.5, 0.6) is 0 Å². The molecule has 8 heteroatoms. The van der Waals surface area contributed by atoms with Gasteiger partial charge in [0, 0.05) is 12.1 Å². The highest BCUT2D eigenvalue weighted by atomic mass is 32.2. The highest BCUT2D eigenvalue weighted by Crippen LogP contribution is 2.30. The Balaban J connectivity index is 1.93. The number of thiazole rings is 1. The third-order valence-corrected chi connectivity index (χ3v) is 6.61. The molecule has 1 amide bonds. The summed E-state index contributed by atoms with van der Waals surface area (Å²) in [6.45, 7) is 7.76. The van der Waals surface area contributed by atoms with Crippen molar-refractivity contribution in [1.29, 1.82) is 0 Å². The summed E-state index contributed by atoms with van der Waals surface area (Å²) in [6.07, 6.45) is 0. The monoisotopic (exact) mass is 403 g/mol. The Hall–Kier alpha value is -2.29. The fourth-order valence-electron chi connectivity index (χ4n) is 2.87. The number of benzene rings is 2. The average Bonchev–Trinajstić information content (AvgIpc) is 2.97. The largest absolute Gasteiger partial charge is 0.298 e. The molecular weight excluding hydrogens is 382 g/mol. The number of hydrogen-bond acceptors (Lipinski definition) is 5. The molecule has 1 heterocycles. The van der Waals surface area contributed by atoms with Gasteiger partial charge in [-0.3, -0.25) is 10.1 Å². The first-order valence-corrected chi connectivity index (χ1v) is 10.8. The lowest BCUT2D eigenvalue weighted by molar-refractivity contribution is 0.102. The van der Waals surface area contributed by atoms with E-state index in [1.165, 1.54) is 23.5 Å². The normalized spacial score (nSPS) is 11.7. The number of aryl methyl sites for hydroxylation is 3. The van der Waals surface area contributed by atoms with Crippen LogP contribution in [0.2, 0.25) is 0 Å². The molecule has 0 spiro atoms. The van der Waals surface area contributed by atoms with E-state index in [1.807, 2.05) is 26.0 Å². The molecule has 27 heavy (non-hydrogen) atoms. The molecule has 0 saturated heterocycles. The zero-order chi connectivity index (χ0) is 19.8. The van der Waals surface area contributed by atoms with Crippen LogP contribution in [0.25, 0.3) is 10.2 Å². The number of sulfonamides is 1. The van der Waals surface area contributed by atoms with Gasteiger partial charge in [-0.05, 0) is 55.7 Å². The van der Waals surface area contributed by atoms with E-state index in [1.54, 1.807) is 19.9 Å². The number of anilines is 1. The molecule has 6 nitrogen and oxygen atoms in total. The molecule has 0 saturated carbocycles. The van der Waals surface area contributed by atoms with Gasteiger partial charge in [0.2, 0.25) is 10.0 Å². The summed E-state index contributed by atoms with van der Waals surface area (Å²) >= 11 is 1.40. The van der Waals surface area contributed by atoms with Crippen molar-refractivity contribution in [3.8, 4) is 0 Å². The van der Waals surface area contributed by atoms with Gasteiger partial charge in [-0.2, -0.15) is 0 Å². The van der Waals surface area contributed by atoms with E-state index in [-0.39, 0.29) is 17.3 Å². The van der Waals surface area contributed by atoms with Crippen LogP contribution < -0.4 is 10.0 Å². The topological polar surface area (TPSA) is 88.2 Å². The first-order valence-electron chi connectivity index (χ1n) is 8.50. The smallest absolute Gasteiger partial charge is 0.257 e. The maximum Gasteiger partial charge on any atom is 0.257 e. The van der Waals surface area contributed by atoms with Crippen LogP contribution in [0.1, 0.15) is 34.0 Å². The van der Waals surface area contributed by atoms with Gasteiger partial charge in [-0.25, -0.2) is 18.1 Å². The number of carbonyl (C=O) groups excluding carboxylic acids is 1.